The van der Waals surface area contributed by atoms with Crippen LogP contribution >= 0.6 is 0 Å². The highest BCUT2D eigenvalue weighted by atomic mass is 19.4. The molecule has 0 aliphatic heterocycles. The predicted octanol–water partition coefficient (Wildman–Crippen LogP) is 3.02. The Labute approximate surface area is 205 Å². The summed E-state index contributed by atoms with van der Waals surface area (Å²) in [4.78, 5) is 40.4. The number of methoxy groups -OCH3 is 1. The number of nitrogens with two attached hydrogens (primary N) is 1. The Morgan fingerprint density at radius 2 is 1.67 bits per heavy atom. The molecular formula is C24H26F3N3O6. The van der Waals surface area contributed by atoms with Crippen LogP contribution in [0.1, 0.15) is 18.9 Å². The first-order valence-electron chi connectivity index (χ1n) is 10.6. The van der Waals surface area contributed by atoms with E-state index in [1.165, 1.54) is 19.3 Å². The Kier molecular flexibility index (Phi) is 10.00. The van der Waals surface area contributed by atoms with E-state index in [0.717, 1.165) is 12.5 Å². The van der Waals surface area contributed by atoms with Crippen molar-refractivity contribution < 1.29 is 41.9 Å². The van der Waals surface area contributed by atoms with E-state index in [-0.39, 0.29) is 0 Å². The van der Waals surface area contributed by atoms with Crippen molar-refractivity contribution >= 4 is 23.5 Å². The largest absolute Gasteiger partial charge is 0.495 e. The van der Waals surface area contributed by atoms with Gasteiger partial charge in [0.25, 0.3) is 5.72 Å². The molecule has 0 spiro atoms. The second-order valence-corrected chi connectivity index (χ2v) is 7.68. The Morgan fingerprint density at radius 3 is 2.31 bits per heavy atom. The minimum absolute atomic E-state index is 0.319. The van der Waals surface area contributed by atoms with E-state index in [9.17, 15) is 27.6 Å². The number of halogens is 3. The number of aryl methyl sites for hydroxylation is 1. The summed E-state index contributed by atoms with van der Waals surface area (Å²) >= 11 is 0. The van der Waals surface area contributed by atoms with E-state index in [2.05, 4.69) is 15.5 Å². The number of nitrogens with one attached hydrogen (secondary N) is 2. The summed E-state index contributed by atoms with van der Waals surface area (Å²) in [6.45, 7) is 0.746. The molecule has 194 valence electrons. The lowest BCUT2D eigenvalue weighted by Crippen LogP contribution is -2.53. The highest BCUT2D eigenvalue weighted by molar-refractivity contribution is 6.00. The van der Waals surface area contributed by atoms with Crippen LogP contribution in [-0.2, 0) is 30.4 Å². The number of ether oxygens (including phenoxy) is 2. The number of carbonyl (C=O) groups is 3. The molecule has 0 aromatic heterocycles. The first-order chi connectivity index (χ1) is 16.9. The number of hydrogen-bond donors (Lipinski definition) is 3. The van der Waals surface area contributed by atoms with Crippen molar-refractivity contribution in [3.05, 3.63) is 72.3 Å². The van der Waals surface area contributed by atoms with Gasteiger partial charge in [0, 0.05) is 13.0 Å². The molecule has 36 heavy (non-hydrogen) atoms. The standard InChI is InChI=1S/C24H26F3N3O6/c1-23(28,35-22(33)24(25,26)27)21(32)36-30-17(13-12-16-8-4-3-5-9-16)14-15-20(31)29-18-10-6-7-11-19(18)34-2/h3-11,14-15,17,30H,12-13,28H2,1-2H3,(H,29,31)/b15-14+/t17-,23-/m0/s1. The average molecular weight is 509 g/mol. The molecule has 0 radical (unpaired) electrons. The topological polar surface area (TPSA) is 129 Å². The predicted molar refractivity (Wildman–Crippen MR) is 123 cm³/mol. The lowest BCUT2D eigenvalue weighted by Gasteiger charge is -2.24. The second kappa shape index (κ2) is 12.7. The number of esters is 1. The fourth-order valence-electron chi connectivity index (χ4n) is 2.81. The van der Waals surface area contributed by atoms with Crippen LogP contribution in [-0.4, -0.2) is 42.9 Å². The van der Waals surface area contributed by atoms with Crippen molar-refractivity contribution in [2.45, 2.75) is 37.7 Å². The molecule has 0 fully saturated rings. The van der Waals surface area contributed by atoms with Crippen LogP contribution in [0.5, 0.6) is 5.75 Å². The molecule has 12 heteroatoms. The Bertz CT molecular complexity index is 1070. The minimum Gasteiger partial charge on any atom is -0.495 e. The summed E-state index contributed by atoms with van der Waals surface area (Å²) in [5.74, 6) is -4.18. The van der Waals surface area contributed by atoms with E-state index < -0.39 is 35.8 Å². The number of hydroxylamine groups is 1. The van der Waals surface area contributed by atoms with Crippen LogP contribution in [0.15, 0.2) is 66.7 Å². The molecule has 2 aromatic carbocycles. The van der Waals surface area contributed by atoms with Gasteiger partial charge in [0.2, 0.25) is 5.91 Å². The highest BCUT2D eigenvalue weighted by Gasteiger charge is 2.47. The zero-order chi connectivity index (χ0) is 26.8. The lowest BCUT2D eigenvalue weighted by molar-refractivity contribution is -0.219. The molecule has 2 atom stereocenters. The molecule has 9 nitrogen and oxygen atoms in total. The maximum absolute atomic E-state index is 12.4. The van der Waals surface area contributed by atoms with Gasteiger partial charge in [0.05, 0.1) is 18.8 Å². The number of carbonyl (C=O) groups excluding carboxylic acids is 3. The molecule has 0 aliphatic rings. The molecule has 0 bridgehead atoms. The molecule has 0 saturated heterocycles. The van der Waals surface area contributed by atoms with Crippen molar-refractivity contribution in [1.29, 1.82) is 0 Å². The van der Waals surface area contributed by atoms with E-state index in [1.54, 1.807) is 24.3 Å². The Morgan fingerprint density at radius 1 is 1.03 bits per heavy atom. The first-order valence-corrected chi connectivity index (χ1v) is 10.6. The van der Waals surface area contributed by atoms with Crippen LogP contribution in [0.25, 0.3) is 0 Å². The van der Waals surface area contributed by atoms with Gasteiger partial charge in [-0.3, -0.25) is 10.5 Å². The molecule has 0 aliphatic carbocycles. The molecule has 2 rings (SSSR count). The van der Waals surface area contributed by atoms with Gasteiger partial charge in [-0.05, 0) is 30.5 Å². The van der Waals surface area contributed by atoms with Gasteiger partial charge in [0.15, 0.2) is 0 Å². The smallest absolute Gasteiger partial charge is 0.491 e. The molecule has 0 saturated carbocycles. The molecule has 0 heterocycles. The van der Waals surface area contributed by atoms with Crippen LogP contribution in [0.4, 0.5) is 18.9 Å². The van der Waals surface area contributed by atoms with Crippen LogP contribution in [0.2, 0.25) is 0 Å². The Hall–Kier alpha value is -3.90. The third-order valence-corrected chi connectivity index (χ3v) is 4.68. The average Bonchev–Trinajstić information content (AvgIpc) is 2.83. The number of benzene rings is 2. The van der Waals surface area contributed by atoms with Gasteiger partial charge in [-0.1, -0.05) is 48.5 Å². The number of amides is 1. The van der Waals surface area contributed by atoms with Crippen molar-refractivity contribution in [2.75, 3.05) is 12.4 Å². The van der Waals surface area contributed by atoms with E-state index in [4.69, 9.17) is 15.3 Å². The van der Waals surface area contributed by atoms with Crippen molar-refractivity contribution in [3.8, 4) is 5.75 Å². The number of anilines is 1. The maximum Gasteiger partial charge on any atom is 0.491 e. The molecule has 0 unspecified atom stereocenters. The van der Waals surface area contributed by atoms with Crippen LogP contribution in [0, 0.1) is 0 Å². The summed E-state index contributed by atoms with van der Waals surface area (Å²) in [6.07, 6.45) is -1.94. The van der Waals surface area contributed by atoms with Crippen molar-refractivity contribution in [1.82, 2.24) is 5.48 Å². The SMILES string of the molecule is COc1ccccc1NC(=O)/C=C/[C@H](CCc1ccccc1)NOC(=O)[C@@](C)(N)OC(=O)C(F)(F)F. The summed E-state index contributed by atoms with van der Waals surface area (Å²) in [5, 5.41) is 2.65. The maximum atomic E-state index is 12.4. The second-order valence-electron chi connectivity index (χ2n) is 7.68. The van der Waals surface area contributed by atoms with Gasteiger partial charge < -0.3 is 19.6 Å². The van der Waals surface area contributed by atoms with Crippen molar-refractivity contribution in [3.63, 3.8) is 0 Å². The lowest BCUT2D eigenvalue weighted by atomic mass is 10.1. The van der Waals surface area contributed by atoms with Gasteiger partial charge in [-0.2, -0.15) is 13.2 Å². The number of rotatable bonds is 11. The van der Waals surface area contributed by atoms with E-state index in [1.807, 2.05) is 30.3 Å². The zero-order valence-electron chi connectivity index (χ0n) is 19.5. The minimum atomic E-state index is -5.34. The van der Waals surface area contributed by atoms with Crippen molar-refractivity contribution in [2.24, 2.45) is 5.73 Å². The highest BCUT2D eigenvalue weighted by Crippen LogP contribution is 2.23. The first kappa shape index (κ1) is 28.3. The third kappa shape index (κ3) is 9.04. The van der Waals surface area contributed by atoms with E-state index in [0.29, 0.717) is 24.3 Å². The number of hydrogen-bond acceptors (Lipinski definition) is 8. The monoisotopic (exact) mass is 509 g/mol. The normalized spacial score (nSPS) is 13.9. The summed E-state index contributed by atoms with van der Waals surface area (Å²) in [7, 11) is 1.45. The summed E-state index contributed by atoms with van der Waals surface area (Å²) < 4.78 is 46.5. The number of para-hydroxylation sites is 2. The van der Waals surface area contributed by atoms with Gasteiger partial charge in [-0.15, -0.1) is 5.48 Å². The molecule has 4 N–H and O–H groups in total. The zero-order valence-corrected chi connectivity index (χ0v) is 19.5. The Balaban J connectivity index is 2.07. The van der Waals surface area contributed by atoms with Crippen LogP contribution in [0.3, 0.4) is 0 Å². The van der Waals surface area contributed by atoms with Crippen LogP contribution < -0.4 is 21.3 Å². The summed E-state index contributed by atoms with van der Waals surface area (Å²) in [6, 6.07) is 15.2. The molecular weight excluding hydrogens is 483 g/mol. The fourth-order valence-corrected chi connectivity index (χ4v) is 2.81. The number of alkyl halides is 3. The third-order valence-electron chi connectivity index (χ3n) is 4.68. The van der Waals surface area contributed by atoms with Gasteiger partial charge >= 0.3 is 18.1 Å². The summed E-state index contributed by atoms with van der Waals surface area (Å²) in [5.41, 5.74) is 6.42. The van der Waals surface area contributed by atoms with Gasteiger partial charge in [0.1, 0.15) is 5.75 Å². The van der Waals surface area contributed by atoms with Gasteiger partial charge in [-0.25, -0.2) is 9.59 Å². The molecule has 2 aromatic rings. The van der Waals surface area contributed by atoms with E-state index >= 15 is 0 Å². The quantitative estimate of drug-likeness (QED) is 0.183. The molecule has 1 amide bonds. The fraction of sp³-hybridized carbons (Fsp3) is 0.292.